The van der Waals surface area contributed by atoms with Gasteiger partial charge in [0.15, 0.2) is 5.13 Å². The first kappa shape index (κ1) is 23.1. The van der Waals surface area contributed by atoms with E-state index < -0.39 is 17.3 Å². The molecular formula is C29H26FNO3S. The van der Waals surface area contributed by atoms with Crippen LogP contribution in [0.1, 0.15) is 42.9 Å². The van der Waals surface area contributed by atoms with Crippen molar-refractivity contribution in [1.82, 2.24) is 0 Å². The number of halogens is 1. The van der Waals surface area contributed by atoms with Crippen LogP contribution in [-0.4, -0.2) is 13.2 Å². The van der Waals surface area contributed by atoms with Crippen molar-refractivity contribution in [2.45, 2.75) is 31.8 Å². The van der Waals surface area contributed by atoms with Gasteiger partial charge in [-0.25, -0.2) is 4.79 Å². The molecule has 1 aromatic heterocycles. The van der Waals surface area contributed by atoms with E-state index in [0.29, 0.717) is 22.2 Å². The lowest BCUT2D eigenvalue weighted by Gasteiger charge is -2.15. The van der Waals surface area contributed by atoms with Crippen molar-refractivity contribution < 1.29 is 18.7 Å². The topological polar surface area (TPSA) is 47.6 Å². The van der Waals surface area contributed by atoms with E-state index in [4.69, 9.17) is 9.47 Å². The zero-order chi connectivity index (χ0) is 24.4. The van der Waals surface area contributed by atoms with Crippen LogP contribution in [0.2, 0.25) is 0 Å². The summed E-state index contributed by atoms with van der Waals surface area (Å²) in [5.41, 5.74) is 5.39. The molecule has 0 aliphatic heterocycles. The molecule has 1 atom stereocenters. The summed E-state index contributed by atoms with van der Waals surface area (Å²) in [6.45, 7) is 1.80. The largest absolute Gasteiger partial charge is 0.496 e. The van der Waals surface area contributed by atoms with E-state index in [0.717, 1.165) is 33.6 Å². The van der Waals surface area contributed by atoms with Gasteiger partial charge in [0.2, 0.25) is 0 Å². The molecule has 5 rings (SSSR count). The first-order chi connectivity index (χ1) is 17.0. The van der Waals surface area contributed by atoms with Gasteiger partial charge in [-0.15, -0.1) is 11.3 Å². The van der Waals surface area contributed by atoms with Gasteiger partial charge in [-0.1, -0.05) is 66.7 Å². The van der Waals surface area contributed by atoms with E-state index in [-0.39, 0.29) is 0 Å². The molecule has 1 unspecified atom stereocenters. The third-order valence-electron chi connectivity index (χ3n) is 6.23. The summed E-state index contributed by atoms with van der Waals surface area (Å²) in [4.78, 5) is 13.2. The Hall–Kier alpha value is -3.64. The van der Waals surface area contributed by atoms with Gasteiger partial charge < -0.3 is 9.47 Å². The van der Waals surface area contributed by atoms with E-state index >= 15 is 0 Å². The highest BCUT2D eigenvalue weighted by Gasteiger charge is 2.23. The van der Waals surface area contributed by atoms with Crippen LogP contribution < -0.4 is 10.1 Å². The predicted octanol–water partition coefficient (Wildman–Crippen LogP) is 8.42. The molecule has 3 aromatic carbocycles. The van der Waals surface area contributed by atoms with Gasteiger partial charge in [0, 0.05) is 11.6 Å². The molecule has 1 amide bonds. The van der Waals surface area contributed by atoms with Gasteiger partial charge in [0.1, 0.15) is 11.9 Å². The van der Waals surface area contributed by atoms with E-state index in [9.17, 15) is 9.18 Å². The maximum atomic E-state index is 14.3. The fourth-order valence-electron chi connectivity index (χ4n) is 4.18. The normalized spacial score (nSPS) is 13.8. The molecule has 4 nitrogen and oxygen atoms in total. The SMILES string of the molecule is COc1cc(-c2sc(F)cc2NC(=O)OC(C)c2ccccc2)ccc1-c1ccc(C2CC2)cc1. The Balaban J connectivity index is 1.36. The van der Waals surface area contributed by atoms with E-state index in [2.05, 4.69) is 29.6 Å². The molecule has 4 aromatic rings. The molecule has 1 fully saturated rings. The van der Waals surface area contributed by atoms with Crippen LogP contribution in [0.25, 0.3) is 21.6 Å². The van der Waals surface area contributed by atoms with Crippen LogP contribution in [0.4, 0.5) is 14.9 Å². The first-order valence-electron chi connectivity index (χ1n) is 11.6. The number of ether oxygens (including phenoxy) is 2. The number of hydrogen-bond acceptors (Lipinski definition) is 4. The van der Waals surface area contributed by atoms with E-state index in [1.54, 1.807) is 14.0 Å². The van der Waals surface area contributed by atoms with Crippen LogP contribution in [0, 0.1) is 5.13 Å². The summed E-state index contributed by atoms with van der Waals surface area (Å²) < 4.78 is 25.5. The van der Waals surface area contributed by atoms with Crippen molar-refractivity contribution >= 4 is 23.1 Å². The van der Waals surface area contributed by atoms with Crippen LogP contribution >= 0.6 is 11.3 Å². The molecule has 0 bridgehead atoms. The second kappa shape index (κ2) is 9.92. The number of benzene rings is 3. The standard InChI is InChI=1S/C29H26FNO3S/c1-18(19-6-4-3-5-7-19)34-29(32)31-25-17-27(30)35-28(25)23-14-15-24(26(16-23)33-2)22-12-10-21(11-13-22)20-8-9-20/h3-7,10-18,20H,8-9H2,1-2H3,(H,31,32). The lowest BCUT2D eigenvalue weighted by atomic mass is 9.99. The Morgan fingerprint density at radius 2 is 1.71 bits per heavy atom. The fourth-order valence-corrected chi connectivity index (χ4v) is 5.02. The Bertz CT molecular complexity index is 1330. The third kappa shape index (κ3) is 5.23. The van der Waals surface area contributed by atoms with Crippen molar-refractivity contribution in [1.29, 1.82) is 0 Å². The summed E-state index contributed by atoms with van der Waals surface area (Å²) in [6.07, 6.45) is 1.46. The molecule has 6 heteroatoms. The zero-order valence-electron chi connectivity index (χ0n) is 19.6. The smallest absolute Gasteiger partial charge is 0.412 e. The highest BCUT2D eigenvalue weighted by molar-refractivity contribution is 7.14. The molecule has 1 aliphatic rings. The highest BCUT2D eigenvalue weighted by Crippen LogP contribution is 2.43. The second-order valence-corrected chi connectivity index (χ2v) is 9.69. The zero-order valence-corrected chi connectivity index (χ0v) is 20.4. The van der Waals surface area contributed by atoms with Gasteiger partial charge in [0.25, 0.3) is 0 Å². The molecule has 0 saturated heterocycles. The van der Waals surface area contributed by atoms with Crippen LogP contribution in [0.5, 0.6) is 5.75 Å². The molecular weight excluding hydrogens is 461 g/mol. The fraction of sp³-hybridized carbons (Fsp3) is 0.207. The number of carbonyl (C=O) groups is 1. The molecule has 1 aliphatic carbocycles. The summed E-state index contributed by atoms with van der Waals surface area (Å²) in [5, 5.41) is 2.31. The van der Waals surface area contributed by atoms with Gasteiger partial charge in [-0.05, 0) is 54.0 Å². The lowest BCUT2D eigenvalue weighted by Crippen LogP contribution is -2.16. The number of rotatable bonds is 7. The minimum absolute atomic E-state index is 0.362. The number of methoxy groups -OCH3 is 1. The summed E-state index contributed by atoms with van der Waals surface area (Å²) >= 11 is 0.965. The number of anilines is 1. The maximum absolute atomic E-state index is 14.3. The van der Waals surface area contributed by atoms with Gasteiger partial charge in [-0.2, -0.15) is 4.39 Å². The Labute approximate surface area is 208 Å². The number of thiophene rings is 1. The third-order valence-corrected chi connectivity index (χ3v) is 7.20. The molecule has 0 radical (unpaired) electrons. The average Bonchev–Trinajstić information content (AvgIpc) is 3.67. The van der Waals surface area contributed by atoms with E-state index in [1.165, 1.54) is 24.5 Å². The molecule has 0 spiro atoms. The van der Waals surface area contributed by atoms with Crippen LogP contribution in [0.3, 0.4) is 0 Å². The quantitative estimate of drug-likeness (QED) is 0.285. The minimum Gasteiger partial charge on any atom is -0.496 e. The van der Waals surface area contributed by atoms with Crippen molar-refractivity contribution in [2.75, 3.05) is 12.4 Å². The van der Waals surface area contributed by atoms with Gasteiger partial charge >= 0.3 is 6.09 Å². The maximum Gasteiger partial charge on any atom is 0.412 e. The summed E-state index contributed by atoms with van der Waals surface area (Å²) in [7, 11) is 1.62. The Morgan fingerprint density at radius 1 is 1.00 bits per heavy atom. The lowest BCUT2D eigenvalue weighted by molar-refractivity contribution is 0.121. The van der Waals surface area contributed by atoms with Crippen molar-refractivity contribution in [3.05, 3.63) is 95.1 Å². The van der Waals surface area contributed by atoms with Gasteiger partial charge in [-0.3, -0.25) is 5.32 Å². The Morgan fingerprint density at radius 3 is 2.40 bits per heavy atom. The van der Waals surface area contributed by atoms with Gasteiger partial charge in [0.05, 0.1) is 17.7 Å². The minimum atomic E-state index is -0.639. The average molecular weight is 488 g/mol. The molecule has 1 heterocycles. The van der Waals surface area contributed by atoms with Crippen molar-refractivity contribution in [3.8, 4) is 27.3 Å². The molecule has 178 valence electrons. The number of nitrogens with one attached hydrogen (secondary N) is 1. The predicted molar refractivity (Wildman–Crippen MR) is 139 cm³/mol. The van der Waals surface area contributed by atoms with Crippen LogP contribution in [0.15, 0.2) is 78.9 Å². The second-order valence-electron chi connectivity index (χ2n) is 8.69. The molecule has 35 heavy (non-hydrogen) atoms. The number of hydrogen-bond donors (Lipinski definition) is 1. The summed E-state index contributed by atoms with van der Waals surface area (Å²) in [6, 6.07) is 25.1. The highest BCUT2D eigenvalue weighted by atomic mass is 32.1. The first-order valence-corrected chi connectivity index (χ1v) is 12.4. The Kier molecular flexibility index (Phi) is 6.55. The monoisotopic (exact) mass is 487 g/mol. The summed E-state index contributed by atoms with van der Waals surface area (Å²) in [5.74, 6) is 1.39. The number of amides is 1. The van der Waals surface area contributed by atoms with Crippen molar-refractivity contribution in [2.24, 2.45) is 0 Å². The van der Waals surface area contributed by atoms with Crippen LogP contribution in [-0.2, 0) is 4.74 Å². The number of carbonyl (C=O) groups excluding carboxylic acids is 1. The molecule has 1 saturated carbocycles. The van der Waals surface area contributed by atoms with E-state index in [1.807, 2.05) is 48.5 Å². The molecule has 1 N–H and O–H groups in total. The van der Waals surface area contributed by atoms with Crippen molar-refractivity contribution in [3.63, 3.8) is 0 Å².